The van der Waals surface area contributed by atoms with Crippen molar-refractivity contribution in [3.8, 4) is 23.0 Å². The van der Waals surface area contributed by atoms with Gasteiger partial charge in [-0.2, -0.15) is 0 Å². The third kappa shape index (κ3) is 5.62. The highest BCUT2D eigenvalue weighted by Crippen LogP contribution is 2.37. The van der Waals surface area contributed by atoms with Gasteiger partial charge in [-0.1, -0.05) is 26.7 Å². The van der Waals surface area contributed by atoms with E-state index in [9.17, 15) is 21.6 Å². The summed E-state index contributed by atoms with van der Waals surface area (Å²) in [6, 6.07) is 8.71. The van der Waals surface area contributed by atoms with Gasteiger partial charge in [-0.25, -0.2) is 16.8 Å². The first-order chi connectivity index (χ1) is 17.1. The zero-order chi connectivity index (χ0) is 25.9. The van der Waals surface area contributed by atoms with E-state index in [4.69, 9.17) is 18.9 Å². The summed E-state index contributed by atoms with van der Waals surface area (Å²) in [5.74, 6) is 0.777. The normalized spacial score (nSPS) is 19.1. The van der Waals surface area contributed by atoms with Crippen LogP contribution in [0.25, 0.3) is 0 Å². The lowest BCUT2D eigenvalue weighted by Crippen LogP contribution is -2.48. The summed E-state index contributed by atoms with van der Waals surface area (Å²) in [5.41, 5.74) is 0. The summed E-state index contributed by atoms with van der Waals surface area (Å²) >= 11 is 0. The Morgan fingerprint density at radius 2 is 1.14 bits per heavy atom. The van der Waals surface area contributed by atoms with Crippen LogP contribution in [0.5, 0.6) is 23.0 Å². The van der Waals surface area contributed by atoms with Gasteiger partial charge in [0.05, 0.1) is 21.3 Å². The minimum atomic E-state index is -3.43. The SMILES string of the molecule is CCCCS(=O)(=O)c1ccc2c(c1)OCC(C(=O)C1COc3cc(S(=O)(=O)CCCC)ccc3O1)O2. The van der Waals surface area contributed by atoms with Crippen LogP contribution in [0.2, 0.25) is 0 Å². The van der Waals surface area contributed by atoms with Gasteiger partial charge < -0.3 is 18.9 Å². The van der Waals surface area contributed by atoms with E-state index in [1.807, 2.05) is 13.8 Å². The minimum Gasteiger partial charge on any atom is -0.485 e. The van der Waals surface area contributed by atoms with Crippen molar-refractivity contribution < 1.29 is 40.6 Å². The average Bonchev–Trinajstić information content (AvgIpc) is 2.89. The van der Waals surface area contributed by atoms with Crippen LogP contribution in [-0.4, -0.2) is 59.5 Å². The number of benzene rings is 2. The molecule has 36 heavy (non-hydrogen) atoms. The molecule has 0 spiro atoms. The van der Waals surface area contributed by atoms with Crippen molar-refractivity contribution in [1.29, 1.82) is 0 Å². The highest BCUT2D eigenvalue weighted by atomic mass is 32.2. The van der Waals surface area contributed by atoms with Gasteiger partial charge in [0.1, 0.15) is 13.2 Å². The lowest BCUT2D eigenvalue weighted by molar-refractivity contribution is -0.137. The largest absolute Gasteiger partial charge is 0.485 e. The molecule has 9 nitrogen and oxygen atoms in total. The number of sulfone groups is 2. The number of carbonyl (C=O) groups excluding carboxylic acids is 1. The quantitative estimate of drug-likeness (QED) is 0.448. The van der Waals surface area contributed by atoms with E-state index in [1.165, 1.54) is 36.4 Å². The van der Waals surface area contributed by atoms with Crippen LogP contribution in [0.15, 0.2) is 46.2 Å². The van der Waals surface area contributed by atoms with Crippen LogP contribution in [0.1, 0.15) is 39.5 Å². The molecule has 0 aliphatic carbocycles. The molecule has 0 saturated carbocycles. The average molecular weight is 539 g/mol. The van der Waals surface area contributed by atoms with Gasteiger partial charge in [0.2, 0.25) is 5.78 Å². The molecule has 2 heterocycles. The van der Waals surface area contributed by atoms with E-state index >= 15 is 0 Å². The number of hydrogen-bond acceptors (Lipinski definition) is 9. The Hall–Kier alpha value is -2.79. The number of unbranched alkanes of at least 4 members (excludes halogenated alkanes) is 2. The maximum absolute atomic E-state index is 13.1. The lowest BCUT2D eigenvalue weighted by atomic mass is 10.1. The van der Waals surface area contributed by atoms with Gasteiger partial charge in [-0.3, -0.25) is 4.79 Å². The van der Waals surface area contributed by atoms with Gasteiger partial charge in [-0.15, -0.1) is 0 Å². The lowest BCUT2D eigenvalue weighted by Gasteiger charge is -2.31. The van der Waals surface area contributed by atoms with Crippen molar-refractivity contribution in [3.05, 3.63) is 36.4 Å². The predicted octanol–water partition coefficient (Wildman–Crippen LogP) is 3.38. The van der Waals surface area contributed by atoms with Crippen LogP contribution in [0.3, 0.4) is 0 Å². The molecule has 0 saturated heterocycles. The molecular formula is C25H30O9S2. The van der Waals surface area contributed by atoms with Gasteiger partial charge in [0, 0.05) is 12.1 Å². The highest BCUT2D eigenvalue weighted by Gasteiger charge is 2.37. The second-order valence-corrected chi connectivity index (χ2v) is 13.0. The van der Waals surface area contributed by atoms with Crippen molar-refractivity contribution in [3.63, 3.8) is 0 Å². The predicted molar refractivity (Wildman–Crippen MR) is 132 cm³/mol. The Morgan fingerprint density at radius 1 is 0.722 bits per heavy atom. The van der Waals surface area contributed by atoms with E-state index in [-0.39, 0.29) is 57.5 Å². The molecule has 2 aromatic carbocycles. The van der Waals surface area contributed by atoms with Crippen molar-refractivity contribution in [2.24, 2.45) is 0 Å². The summed E-state index contributed by atoms with van der Waals surface area (Å²) < 4.78 is 72.8. The van der Waals surface area contributed by atoms with E-state index < -0.39 is 37.7 Å². The zero-order valence-corrected chi connectivity index (χ0v) is 21.9. The molecule has 2 aliphatic rings. The number of fused-ring (bicyclic) bond motifs is 2. The van der Waals surface area contributed by atoms with Gasteiger partial charge >= 0.3 is 0 Å². The van der Waals surface area contributed by atoms with Gasteiger partial charge in [0.25, 0.3) is 0 Å². The van der Waals surface area contributed by atoms with E-state index in [1.54, 1.807) is 0 Å². The molecule has 4 rings (SSSR count). The van der Waals surface area contributed by atoms with Crippen molar-refractivity contribution in [2.75, 3.05) is 24.7 Å². The van der Waals surface area contributed by atoms with E-state index in [0.717, 1.165) is 12.8 Å². The van der Waals surface area contributed by atoms with Gasteiger partial charge in [0.15, 0.2) is 54.9 Å². The number of hydrogen-bond donors (Lipinski definition) is 0. The molecule has 2 atom stereocenters. The third-order valence-corrected chi connectivity index (χ3v) is 9.63. The molecule has 0 fully saturated rings. The molecule has 0 aromatic heterocycles. The summed E-state index contributed by atoms with van der Waals surface area (Å²) in [6.07, 6.45) is 0.730. The van der Waals surface area contributed by atoms with Crippen LogP contribution in [0.4, 0.5) is 0 Å². The van der Waals surface area contributed by atoms with Crippen molar-refractivity contribution >= 4 is 25.5 Å². The van der Waals surface area contributed by atoms with Crippen molar-refractivity contribution in [1.82, 2.24) is 0 Å². The number of ketones is 1. The van der Waals surface area contributed by atoms with Crippen LogP contribution in [0, 0.1) is 0 Å². The van der Waals surface area contributed by atoms with Crippen molar-refractivity contribution in [2.45, 2.75) is 61.5 Å². The second kappa shape index (κ2) is 10.7. The Morgan fingerprint density at radius 3 is 1.53 bits per heavy atom. The summed E-state index contributed by atoms with van der Waals surface area (Å²) in [6.45, 7) is 3.64. The van der Waals surface area contributed by atoms with Crippen LogP contribution >= 0.6 is 0 Å². The first-order valence-corrected chi connectivity index (χ1v) is 15.3. The Balaban J connectivity index is 1.43. The fraction of sp³-hybridized carbons (Fsp3) is 0.480. The summed E-state index contributed by atoms with van der Waals surface area (Å²) in [4.78, 5) is 13.4. The van der Waals surface area contributed by atoms with E-state index in [2.05, 4.69) is 0 Å². The molecule has 11 heteroatoms. The Labute approximate surface area is 211 Å². The summed E-state index contributed by atoms with van der Waals surface area (Å²) in [5, 5.41) is 0. The Bertz CT molecular complexity index is 1230. The molecule has 2 aliphatic heterocycles. The molecule has 0 N–H and O–H groups in total. The molecular weight excluding hydrogens is 508 g/mol. The Kier molecular flexibility index (Phi) is 7.79. The molecule has 2 aromatic rings. The zero-order valence-electron chi connectivity index (χ0n) is 20.3. The smallest absolute Gasteiger partial charge is 0.220 e. The van der Waals surface area contributed by atoms with Crippen LogP contribution in [-0.2, 0) is 24.5 Å². The monoisotopic (exact) mass is 538 g/mol. The second-order valence-electron chi connectivity index (χ2n) is 8.80. The van der Waals surface area contributed by atoms with Crippen LogP contribution < -0.4 is 18.9 Å². The van der Waals surface area contributed by atoms with Gasteiger partial charge in [-0.05, 0) is 37.1 Å². The maximum Gasteiger partial charge on any atom is 0.220 e. The first-order valence-electron chi connectivity index (χ1n) is 12.0. The number of Topliss-reactive ketones (excluding diaryl/α,β-unsaturated/α-hetero) is 1. The third-order valence-electron chi connectivity index (χ3n) is 6.04. The highest BCUT2D eigenvalue weighted by molar-refractivity contribution is 7.91. The number of ether oxygens (including phenoxy) is 4. The molecule has 0 amide bonds. The first kappa shape index (κ1) is 26.3. The maximum atomic E-state index is 13.1. The molecule has 0 bridgehead atoms. The molecule has 0 radical (unpaired) electrons. The summed E-state index contributed by atoms with van der Waals surface area (Å²) in [7, 11) is -6.85. The standard InChI is InChI=1S/C25H30O9S2/c1-3-5-11-35(27,28)17-7-9-19-21(13-17)31-15-23(33-19)25(26)24-16-32-22-14-18(8-10-20(22)34-24)36(29,30)12-6-4-2/h7-10,13-14,23-24H,3-6,11-12,15-16H2,1-2H3. The molecule has 196 valence electrons. The number of rotatable bonds is 10. The van der Waals surface area contributed by atoms with E-state index in [0.29, 0.717) is 12.8 Å². The fourth-order valence-electron chi connectivity index (χ4n) is 3.88. The fourth-order valence-corrected chi connectivity index (χ4v) is 6.81. The minimum absolute atomic E-state index is 0.0525. The molecule has 2 unspecified atom stereocenters. The topological polar surface area (TPSA) is 122 Å². The number of carbonyl (C=O) groups is 1.